The van der Waals surface area contributed by atoms with Crippen LogP contribution in [0.2, 0.25) is 5.02 Å². The fourth-order valence-electron chi connectivity index (χ4n) is 3.90. The summed E-state index contributed by atoms with van der Waals surface area (Å²) in [5.74, 6) is 0.201. The number of alkyl halides is 3. The minimum atomic E-state index is -4.80. The van der Waals surface area contributed by atoms with Gasteiger partial charge < -0.3 is 10.1 Å². The number of methoxy groups -OCH3 is 1. The molecule has 35 heavy (non-hydrogen) atoms. The number of halogens is 4. The summed E-state index contributed by atoms with van der Waals surface area (Å²) in [6.45, 7) is 8.94. The molecule has 0 fully saturated rings. The first-order valence-electron chi connectivity index (χ1n) is 10.8. The number of ether oxygens (including phenoxy) is 1. The third-order valence-corrected chi connectivity index (χ3v) is 7.24. The molecule has 2 rings (SSSR count). The highest BCUT2D eigenvalue weighted by atomic mass is 35.5. The molecule has 11 heteroatoms. The molecule has 0 bridgehead atoms. The standard InChI is InChI=1S/C24H30ClF3N2O4S/c1-13(2)18-12-19(14(3)10-22(18)34-6)15(4)29-23(31)16(5)30(35(7,32)33)17-8-9-21(25)20(11-17)24(26,27)28/h8-13,15-16H,1-7H3,(H,29,31)/t15-,16+/m0/s1. The van der Waals surface area contributed by atoms with E-state index in [4.69, 9.17) is 16.3 Å². The van der Waals surface area contributed by atoms with E-state index in [9.17, 15) is 26.4 Å². The van der Waals surface area contributed by atoms with Gasteiger partial charge in [-0.1, -0.05) is 25.4 Å². The lowest BCUT2D eigenvalue weighted by Gasteiger charge is -2.30. The fourth-order valence-corrected chi connectivity index (χ4v) is 5.29. The molecule has 0 unspecified atom stereocenters. The van der Waals surface area contributed by atoms with Gasteiger partial charge >= 0.3 is 6.18 Å². The monoisotopic (exact) mass is 534 g/mol. The van der Waals surface area contributed by atoms with E-state index in [-0.39, 0.29) is 11.6 Å². The zero-order chi connectivity index (χ0) is 26.9. The Balaban J connectivity index is 2.42. The van der Waals surface area contributed by atoms with Crippen LogP contribution in [0.4, 0.5) is 18.9 Å². The molecule has 0 saturated carbocycles. The second kappa shape index (κ2) is 10.7. The third kappa shape index (κ3) is 6.61. The second-order valence-electron chi connectivity index (χ2n) is 8.73. The number of rotatable bonds is 8. The van der Waals surface area contributed by atoms with Crippen LogP contribution in [0.25, 0.3) is 0 Å². The van der Waals surface area contributed by atoms with Crippen molar-refractivity contribution < 1.29 is 31.1 Å². The van der Waals surface area contributed by atoms with Crippen molar-refractivity contribution in [2.75, 3.05) is 17.7 Å². The van der Waals surface area contributed by atoms with E-state index in [0.717, 1.165) is 40.8 Å². The van der Waals surface area contributed by atoms with E-state index in [1.54, 1.807) is 14.0 Å². The molecule has 2 atom stereocenters. The molecule has 6 nitrogen and oxygen atoms in total. The summed E-state index contributed by atoms with van der Waals surface area (Å²) in [7, 11) is -2.55. The maximum absolute atomic E-state index is 13.3. The van der Waals surface area contributed by atoms with Crippen molar-refractivity contribution in [3.63, 3.8) is 0 Å². The number of nitrogens with one attached hydrogen (secondary N) is 1. The van der Waals surface area contributed by atoms with E-state index in [1.165, 1.54) is 6.92 Å². The van der Waals surface area contributed by atoms with E-state index in [2.05, 4.69) is 5.32 Å². The van der Waals surface area contributed by atoms with Crippen LogP contribution < -0.4 is 14.4 Å². The van der Waals surface area contributed by atoms with E-state index >= 15 is 0 Å². The molecule has 0 aliphatic rings. The predicted molar refractivity (Wildman–Crippen MR) is 132 cm³/mol. The second-order valence-corrected chi connectivity index (χ2v) is 11.0. The topological polar surface area (TPSA) is 75.7 Å². The smallest absolute Gasteiger partial charge is 0.417 e. The quantitative estimate of drug-likeness (QED) is 0.462. The Morgan fingerprint density at radius 2 is 1.69 bits per heavy atom. The van der Waals surface area contributed by atoms with E-state index in [0.29, 0.717) is 10.4 Å². The van der Waals surface area contributed by atoms with Crippen LogP contribution in [0, 0.1) is 6.92 Å². The highest BCUT2D eigenvalue weighted by Crippen LogP contribution is 2.38. The van der Waals surface area contributed by atoms with Crippen molar-refractivity contribution in [1.82, 2.24) is 5.32 Å². The molecule has 0 heterocycles. The number of hydrogen-bond donors (Lipinski definition) is 1. The Bertz CT molecular complexity index is 1200. The Kier molecular flexibility index (Phi) is 8.76. The van der Waals surface area contributed by atoms with Crippen LogP contribution >= 0.6 is 11.6 Å². The van der Waals surface area contributed by atoms with Gasteiger partial charge in [-0.05, 0) is 73.7 Å². The lowest BCUT2D eigenvalue weighted by molar-refractivity contribution is -0.137. The van der Waals surface area contributed by atoms with Crippen LogP contribution in [0.15, 0.2) is 30.3 Å². The summed E-state index contributed by atoms with van der Waals surface area (Å²) in [6, 6.07) is 4.67. The minimum absolute atomic E-state index is 0.152. The summed E-state index contributed by atoms with van der Waals surface area (Å²) in [5, 5.41) is 2.21. The normalized spacial score (nSPS) is 13.9. The third-order valence-electron chi connectivity index (χ3n) is 5.66. The minimum Gasteiger partial charge on any atom is -0.496 e. The van der Waals surface area contributed by atoms with Crippen LogP contribution in [-0.2, 0) is 21.0 Å². The molecule has 0 spiro atoms. The van der Waals surface area contributed by atoms with Gasteiger partial charge in [-0.2, -0.15) is 13.2 Å². The average Bonchev–Trinajstić information content (AvgIpc) is 2.72. The van der Waals surface area contributed by atoms with Gasteiger partial charge in [0.2, 0.25) is 15.9 Å². The molecular formula is C24H30ClF3N2O4S. The summed E-state index contributed by atoms with van der Waals surface area (Å²) in [5.41, 5.74) is 1.11. The van der Waals surface area contributed by atoms with Crippen molar-refractivity contribution in [2.45, 2.75) is 58.8 Å². The summed E-state index contributed by atoms with van der Waals surface area (Å²) in [6.07, 6.45) is -3.97. The van der Waals surface area contributed by atoms with Gasteiger partial charge in [0.1, 0.15) is 11.8 Å². The molecule has 194 valence electrons. The van der Waals surface area contributed by atoms with Crippen molar-refractivity contribution in [3.8, 4) is 5.75 Å². The lowest BCUT2D eigenvalue weighted by atomic mass is 9.93. The molecule has 2 aromatic carbocycles. The molecule has 0 saturated heterocycles. The van der Waals surface area contributed by atoms with Crippen LogP contribution in [0.3, 0.4) is 0 Å². The van der Waals surface area contributed by atoms with Crippen LogP contribution in [0.5, 0.6) is 5.75 Å². The van der Waals surface area contributed by atoms with Crippen LogP contribution in [0.1, 0.15) is 61.9 Å². The van der Waals surface area contributed by atoms with Crippen LogP contribution in [-0.4, -0.2) is 33.7 Å². The molecule has 0 aliphatic carbocycles. The summed E-state index contributed by atoms with van der Waals surface area (Å²) < 4.78 is 71.2. The van der Waals surface area contributed by atoms with Gasteiger partial charge in [0.15, 0.2) is 0 Å². The summed E-state index contributed by atoms with van der Waals surface area (Å²) in [4.78, 5) is 13.1. The number of aryl methyl sites for hydroxylation is 1. The Morgan fingerprint density at radius 3 is 2.17 bits per heavy atom. The first-order chi connectivity index (χ1) is 16.0. The van der Waals surface area contributed by atoms with Crippen molar-refractivity contribution in [2.24, 2.45) is 0 Å². The van der Waals surface area contributed by atoms with Crippen molar-refractivity contribution >= 4 is 33.2 Å². The fraction of sp³-hybridized carbons (Fsp3) is 0.458. The summed E-state index contributed by atoms with van der Waals surface area (Å²) >= 11 is 5.67. The molecule has 1 amide bonds. The Morgan fingerprint density at radius 1 is 1.09 bits per heavy atom. The lowest BCUT2D eigenvalue weighted by Crippen LogP contribution is -2.48. The number of carbonyl (C=O) groups is 1. The molecule has 0 radical (unpaired) electrons. The van der Waals surface area contributed by atoms with Gasteiger partial charge in [-0.3, -0.25) is 9.10 Å². The first-order valence-corrected chi connectivity index (χ1v) is 13.1. The zero-order valence-corrected chi connectivity index (χ0v) is 22.2. The molecule has 2 aromatic rings. The van der Waals surface area contributed by atoms with Gasteiger partial charge in [0, 0.05) is 0 Å². The highest BCUT2D eigenvalue weighted by Gasteiger charge is 2.36. The number of anilines is 1. The first kappa shape index (κ1) is 28.8. The number of amides is 1. The van der Waals surface area contributed by atoms with Crippen molar-refractivity contribution in [3.05, 3.63) is 57.6 Å². The molecule has 0 aromatic heterocycles. The van der Waals surface area contributed by atoms with E-state index in [1.807, 2.05) is 32.9 Å². The maximum atomic E-state index is 13.3. The number of sulfonamides is 1. The average molecular weight is 535 g/mol. The van der Waals surface area contributed by atoms with Gasteiger partial charge in [-0.15, -0.1) is 0 Å². The number of carbonyl (C=O) groups excluding carboxylic acids is 1. The SMILES string of the molecule is COc1cc(C)c([C@H](C)NC(=O)[C@@H](C)N(c2ccc(Cl)c(C(F)(F)F)c2)S(C)(=O)=O)cc1C(C)C. The van der Waals surface area contributed by atoms with Crippen molar-refractivity contribution in [1.29, 1.82) is 0 Å². The molecule has 0 aliphatic heterocycles. The number of benzene rings is 2. The predicted octanol–water partition coefficient (Wildman–Crippen LogP) is 5.83. The van der Waals surface area contributed by atoms with Gasteiger partial charge in [0.25, 0.3) is 0 Å². The van der Waals surface area contributed by atoms with Gasteiger partial charge in [-0.25, -0.2) is 8.42 Å². The highest BCUT2D eigenvalue weighted by molar-refractivity contribution is 7.92. The molecular weight excluding hydrogens is 505 g/mol. The Labute approximate surface area is 209 Å². The maximum Gasteiger partial charge on any atom is 0.417 e. The largest absolute Gasteiger partial charge is 0.496 e. The molecule has 1 N–H and O–H groups in total. The number of nitrogens with zero attached hydrogens (tertiary/aromatic N) is 1. The van der Waals surface area contributed by atoms with E-state index < -0.39 is 44.8 Å². The van der Waals surface area contributed by atoms with Gasteiger partial charge in [0.05, 0.1) is 35.7 Å². The Hall–Kier alpha value is -2.46. The number of hydrogen-bond acceptors (Lipinski definition) is 4. The zero-order valence-electron chi connectivity index (χ0n) is 20.6.